The number of carbonyl (C=O) groups is 1. The first-order chi connectivity index (χ1) is 14.0. The molecule has 29 heavy (non-hydrogen) atoms. The molecule has 1 amide bonds. The van der Waals surface area contributed by atoms with Crippen molar-refractivity contribution in [1.29, 1.82) is 5.26 Å². The van der Waals surface area contributed by atoms with E-state index in [1.165, 1.54) is 0 Å². The number of benzene rings is 2. The molecule has 6 nitrogen and oxygen atoms in total. The fourth-order valence-electron chi connectivity index (χ4n) is 3.17. The molecule has 0 bridgehead atoms. The average molecular weight is 399 g/mol. The first-order valence-corrected chi connectivity index (χ1v) is 9.66. The molecule has 0 aliphatic rings. The number of carbonyl (C=O) groups excluding carboxylic acids is 1. The molecular weight excluding hydrogens is 382 g/mol. The highest BCUT2D eigenvalue weighted by molar-refractivity contribution is 7.21. The maximum atomic E-state index is 12.8. The van der Waals surface area contributed by atoms with Gasteiger partial charge in [0.15, 0.2) is 0 Å². The Morgan fingerprint density at radius 1 is 1.10 bits per heavy atom. The number of amides is 1. The smallest absolute Gasteiger partial charge is 0.267 e. The van der Waals surface area contributed by atoms with E-state index in [9.17, 15) is 10.1 Å². The molecule has 0 unspecified atom stereocenters. The molecular formula is C22H17N5OS. The van der Waals surface area contributed by atoms with Gasteiger partial charge >= 0.3 is 0 Å². The predicted molar refractivity (Wildman–Crippen MR) is 118 cm³/mol. The number of anilines is 3. The maximum absolute atomic E-state index is 12.8. The van der Waals surface area contributed by atoms with E-state index < -0.39 is 0 Å². The molecule has 142 valence electrons. The van der Waals surface area contributed by atoms with E-state index in [1.54, 1.807) is 12.1 Å². The molecule has 0 aliphatic heterocycles. The largest absolute Gasteiger partial charge is 0.397 e. The average Bonchev–Trinajstić information content (AvgIpc) is 3.04. The number of fused-ring (bicyclic) bond motifs is 1. The minimum atomic E-state index is -0.330. The number of aromatic nitrogens is 1. The van der Waals surface area contributed by atoms with Crippen LogP contribution in [0.1, 0.15) is 20.8 Å². The number of thiophene rings is 1. The van der Waals surface area contributed by atoms with Crippen molar-refractivity contribution >= 4 is 44.7 Å². The van der Waals surface area contributed by atoms with Crippen molar-refractivity contribution in [3.8, 4) is 17.2 Å². The van der Waals surface area contributed by atoms with Crippen LogP contribution in [0, 0.1) is 18.3 Å². The summed E-state index contributed by atoms with van der Waals surface area (Å²) in [5.41, 5.74) is 16.1. The minimum absolute atomic E-state index is 0.117. The quantitative estimate of drug-likeness (QED) is 0.467. The monoisotopic (exact) mass is 399 g/mol. The normalized spacial score (nSPS) is 10.6. The molecule has 7 heteroatoms. The van der Waals surface area contributed by atoms with Gasteiger partial charge in [0.2, 0.25) is 0 Å². The lowest BCUT2D eigenvalue weighted by molar-refractivity contribution is 0.103. The summed E-state index contributed by atoms with van der Waals surface area (Å²) in [7, 11) is 0. The molecule has 0 saturated heterocycles. The van der Waals surface area contributed by atoms with Gasteiger partial charge in [-0.2, -0.15) is 5.26 Å². The van der Waals surface area contributed by atoms with Crippen LogP contribution in [0.4, 0.5) is 17.2 Å². The van der Waals surface area contributed by atoms with Gasteiger partial charge in [-0.25, -0.2) is 4.98 Å². The van der Waals surface area contributed by atoms with Crippen LogP contribution >= 0.6 is 11.3 Å². The molecule has 5 N–H and O–H groups in total. The maximum Gasteiger partial charge on any atom is 0.267 e. The number of nitrogens with one attached hydrogen (secondary N) is 1. The van der Waals surface area contributed by atoms with E-state index >= 15 is 0 Å². The number of rotatable bonds is 3. The number of para-hydroxylation sites is 1. The van der Waals surface area contributed by atoms with Crippen LogP contribution in [-0.4, -0.2) is 10.9 Å². The van der Waals surface area contributed by atoms with E-state index in [4.69, 9.17) is 11.5 Å². The van der Waals surface area contributed by atoms with E-state index in [-0.39, 0.29) is 23.0 Å². The van der Waals surface area contributed by atoms with Gasteiger partial charge in [-0.15, -0.1) is 11.3 Å². The third-order valence-corrected chi connectivity index (χ3v) is 5.69. The van der Waals surface area contributed by atoms with Gasteiger partial charge in [0.05, 0.1) is 5.69 Å². The van der Waals surface area contributed by atoms with Crippen LogP contribution < -0.4 is 16.8 Å². The number of aryl methyl sites for hydroxylation is 1. The first-order valence-electron chi connectivity index (χ1n) is 8.84. The highest BCUT2D eigenvalue weighted by atomic mass is 32.1. The number of hydrogen-bond donors (Lipinski definition) is 3. The highest BCUT2D eigenvalue weighted by Crippen LogP contribution is 2.42. The standard InChI is InChI=1S/C22H17N5OS/c1-12-7-9-13(10-8-12)16-15(11-23)20(25)27-22-17(16)18(24)19(29-22)21(28)26-14-5-3-2-4-6-14/h2-10H,24H2,1H3,(H2,25,27)(H,26,28). The second kappa shape index (κ2) is 7.26. The SMILES string of the molecule is Cc1ccc(-c2c(C#N)c(N)nc3sc(C(=O)Nc4ccccc4)c(N)c23)cc1. The van der Waals surface area contributed by atoms with Crippen molar-refractivity contribution in [2.24, 2.45) is 0 Å². The Bertz CT molecular complexity index is 1270. The van der Waals surface area contributed by atoms with Crippen LogP contribution in [0.2, 0.25) is 0 Å². The van der Waals surface area contributed by atoms with Crippen LogP contribution in [0.15, 0.2) is 54.6 Å². The zero-order valence-electron chi connectivity index (χ0n) is 15.6. The summed E-state index contributed by atoms with van der Waals surface area (Å²) in [5.74, 6) is -0.213. The Morgan fingerprint density at radius 2 is 1.79 bits per heavy atom. The van der Waals surface area contributed by atoms with Crippen LogP contribution in [0.5, 0.6) is 0 Å². The van der Waals surface area contributed by atoms with Gasteiger partial charge in [-0.3, -0.25) is 4.79 Å². The number of pyridine rings is 1. The lowest BCUT2D eigenvalue weighted by atomic mass is 9.96. The first kappa shape index (κ1) is 18.5. The van der Waals surface area contributed by atoms with Crippen molar-refractivity contribution in [2.75, 3.05) is 16.8 Å². The number of nitrogens with zero attached hydrogens (tertiary/aromatic N) is 2. The van der Waals surface area contributed by atoms with Gasteiger partial charge in [-0.05, 0) is 24.6 Å². The van der Waals surface area contributed by atoms with Crippen molar-refractivity contribution in [3.63, 3.8) is 0 Å². The topological polar surface area (TPSA) is 118 Å². The fraction of sp³-hybridized carbons (Fsp3) is 0.0455. The molecule has 0 aliphatic carbocycles. The molecule has 0 atom stereocenters. The van der Waals surface area contributed by atoms with Gasteiger partial charge in [-0.1, -0.05) is 48.0 Å². The summed E-state index contributed by atoms with van der Waals surface area (Å²) >= 11 is 1.16. The third kappa shape index (κ3) is 3.26. The molecule has 4 aromatic rings. The van der Waals surface area contributed by atoms with Gasteiger partial charge < -0.3 is 16.8 Å². The molecule has 4 rings (SSSR count). The second-order valence-electron chi connectivity index (χ2n) is 6.57. The van der Waals surface area contributed by atoms with E-state index in [2.05, 4.69) is 16.4 Å². The lowest BCUT2D eigenvalue weighted by Crippen LogP contribution is -2.11. The number of nitrogens with two attached hydrogens (primary N) is 2. The van der Waals surface area contributed by atoms with E-state index in [0.29, 0.717) is 26.3 Å². The second-order valence-corrected chi connectivity index (χ2v) is 7.57. The molecule has 0 fully saturated rings. The summed E-state index contributed by atoms with van der Waals surface area (Å²) in [6.45, 7) is 1.98. The van der Waals surface area contributed by atoms with Gasteiger partial charge in [0.1, 0.15) is 27.2 Å². The van der Waals surface area contributed by atoms with Crippen molar-refractivity contribution in [3.05, 3.63) is 70.6 Å². The number of nitriles is 1. The van der Waals surface area contributed by atoms with E-state index in [1.807, 2.05) is 49.4 Å². The van der Waals surface area contributed by atoms with Gasteiger partial charge in [0, 0.05) is 16.6 Å². The van der Waals surface area contributed by atoms with Crippen molar-refractivity contribution in [1.82, 2.24) is 4.98 Å². The van der Waals surface area contributed by atoms with Crippen molar-refractivity contribution in [2.45, 2.75) is 6.92 Å². The third-order valence-electron chi connectivity index (χ3n) is 4.59. The Morgan fingerprint density at radius 3 is 2.45 bits per heavy atom. The Labute approximate surface area is 171 Å². The Balaban J connectivity index is 1.92. The minimum Gasteiger partial charge on any atom is -0.397 e. The summed E-state index contributed by atoms with van der Waals surface area (Å²) < 4.78 is 0. The zero-order valence-corrected chi connectivity index (χ0v) is 16.4. The van der Waals surface area contributed by atoms with E-state index in [0.717, 1.165) is 22.5 Å². The molecule has 0 spiro atoms. The van der Waals surface area contributed by atoms with Crippen molar-refractivity contribution < 1.29 is 4.79 Å². The van der Waals surface area contributed by atoms with Crippen LogP contribution in [0.25, 0.3) is 21.3 Å². The number of nitrogen functional groups attached to an aromatic ring is 2. The van der Waals surface area contributed by atoms with Crippen LogP contribution in [0.3, 0.4) is 0 Å². The summed E-state index contributed by atoms with van der Waals surface area (Å²) in [4.78, 5) is 18.0. The van der Waals surface area contributed by atoms with Gasteiger partial charge in [0.25, 0.3) is 5.91 Å². The molecule has 2 aromatic heterocycles. The highest BCUT2D eigenvalue weighted by Gasteiger charge is 2.24. The molecule has 2 aromatic carbocycles. The number of hydrogen-bond acceptors (Lipinski definition) is 6. The zero-order chi connectivity index (χ0) is 20.5. The molecule has 2 heterocycles. The Hall–Kier alpha value is -3.89. The fourth-order valence-corrected chi connectivity index (χ4v) is 4.18. The Kier molecular flexibility index (Phi) is 4.63. The summed E-state index contributed by atoms with van der Waals surface area (Å²) in [6, 6.07) is 19.0. The summed E-state index contributed by atoms with van der Waals surface area (Å²) in [6.07, 6.45) is 0. The summed E-state index contributed by atoms with van der Waals surface area (Å²) in [5, 5.41) is 13.1. The predicted octanol–water partition coefficient (Wildman–Crippen LogP) is 4.56. The molecule has 0 saturated carbocycles. The molecule has 0 radical (unpaired) electrons. The van der Waals surface area contributed by atoms with Crippen LogP contribution in [-0.2, 0) is 0 Å². The lowest BCUT2D eigenvalue weighted by Gasteiger charge is -2.10.